The third-order valence-corrected chi connectivity index (χ3v) is 5.79. The van der Waals surface area contributed by atoms with Crippen molar-refractivity contribution in [3.05, 3.63) is 76.8 Å². The van der Waals surface area contributed by atoms with Gasteiger partial charge in [0.25, 0.3) is 0 Å². The number of piperidine rings is 1. The van der Waals surface area contributed by atoms with E-state index in [9.17, 15) is 4.79 Å². The van der Waals surface area contributed by atoms with E-state index in [2.05, 4.69) is 39.5 Å². The van der Waals surface area contributed by atoms with E-state index in [4.69, 9.17) is 11.6 Å². The Kier molecular flexibility index (Phi) is 6.29. The van der Waals surface area contributed by atoms with E-state index in [0.29, 0.717) is 11.6 Å². The zero-order valence-electron chi connectivity index (χ0n) is 17.0. The van der Waals surface area contributed by atoms with Gasteiger partial charge in [-0.15, -0.1) is 10.2 Å². The van der Waals surface area contributed by atoms with E-state index in [1.165, 1.54) is 5.56 Å². The maximum absolute atomic E-state index is 12.5. The van der Waals surface area contributed by atoms with Crippen molar-refractivity contribution in [1.29, 1.82) is 0 Å². The van der Waals surface area contributed by atoms with Crippen LogP contribution in [0.25, 0.3) is 11.3 Å². The molecule has 0 aliphatic carbocycles. The molecule has 3 aromatic rings. The van der Waals surface area contributed by atoms with Gasteiger partial charge in [-0.25, -0.2) is 0 Å². The Balaban J connectivity index is 1.29. The molecule has 5 nitrogen and oxygen atoms in total. The SMILES string of the molecule is Cc1cccc(-c2ccc(N3CCC(C(=O)NCc4ccc(Cl)cc4)CC3)nn2)c1. The minimum absolute atomic E-state index is 0.0353. The first-order valence-electron chi connectivity index (χ1n) is 10.3. The topological polar surface area (TPSA) is 58.1 Å². The number of hydrogen-bond acceptors (Lipinski definition) is 4. The van der Waals surface area contributed by atoms with Crippen molar-refractivity contribution in [2.24, 2.45) is 5.92 Å². The van der Waals surface area contributed by atoms with Gasteiger partial charge in [0.2, 0.25) is 5.91 Å². The van der Waals surface area contributed by atoms with Gasteiger partial charge in [0, 0.05) is 36.1 Å². The standard InChI is InChI=1S/C24H25ClN4O/c1-17-3-2-4-20(15-17)22-9-10-23(28-27-22)29-13-11-19(12-14-29)24(30)26-16-18-5-7-21(25)8-6-18/h2-10,15,19H,11-14,16H2,1H3,(H,26,30). The van der Waals surface area contributed by atoms with Gasteiger partial charge < -0.3 is 10.2 Å². The molecule has 1 aromatic heterocycles. The lowest BCUT2D eigenvalue weighted by molar-refractivity contribution is -0.125. The lowest BCUT2D eigenvalue weighted by Gasteiger charge is -2.31. The second kappa shape index (κ2) is 9.26. The van der Waals surface area contributed by atoms with Crippen LogP contribution in [0.15, 0.2) is 60.7 Å². The van der Waals surface area contributed by atoms with Crippen LogP contribution >= 0.6 is 11.6 Å². The molecule has 0 atom stereocenters. The van der Waals surface area contributed by atoms with Crippen molar-refractivity contribution in [2.45, 2.75) is 26.3 Å². The first kappa shape index (κ1) is 20.4. The summed E-state index contributed by atoms with van der Waals surface area (Å²) in [4.78, 5) is 14.7. The Labute approximate surface area is 182 Å². The quantitative estimate of drug-likeness (QED) is 0.653. The molecule has 0 spiro atoms. The molecule has 1 aliphatic heterocycles. The number of aryl methyl sites for hydroxylation is 1. The Morgan fingerprint density at radius 1 is 1.07 bits per heavy atom. The second-order valence-electron chi connectivity index (χ2n) is 7.75. The second-order valence-corrected chi connectivity index (χ2v) is 8.19. The molecule has 0 bridgehead atoms. The minimum Gasteiger partial charge on any atom is -0.355 e. The highest BCUT2D eigenvalue weighted by molar-refractivity contribution is 6.30. The van der Waals surface area contributed by atoms with Crippen LogP contribution in [0.2, 0.25) is 5.02 Å². The Morgan fingerprint density at radius 3 is 2.50 bits per heavy atom. The van der Waals surface area contributed by atoms with Crippen LogP contribution in [0.4, 0.5) is 5.82 Å². The average molecular weight is 421 g/mol. The summed E-state index contributed by atoms with van der Waals surface area (Å²) in [5.74, 6) is 1.02. The van der Waals surface area contributed by atoms with Gasteiger partial charge in [0.15, 0.2) is 5.82 Å². The van der Waals surface area contributed by atoms with Crippen LogP contribution in [-0.4, -0.2) is 29.2 Å². The van der Waals surface area contributed by atoms with Gasteiger partial charge >= 0.3 is 0 Å². The zero-order chi connectivity index (χ0) is 20.9. The van der Waals surface area contributed by atoms with Crippen molar-refractivity contribution in [3.8, 4) is 11.3 Å². The van der Waals surface area contributed by atoms with Crippen molar-refractivity contribution in [1.82, 2.24) is 15.5 Å². The van der Waals surface area contributed by atoms with E-state index >= 15 is 0 Å². The van der Waals surface area contributed by atoms with E-state index in [1.807, 2.05) is 48.5 Å². The predicted molar refractivity (Wildman–Crippen MR) is 120 cm³/mol. The highest BCUT2D eigenvalue weighted by Gasteiger charge is 2.25. The smallest absolute Gasteiger partial charge is 0.223 e. The highest BCUT2D eigenvalue weighted by Crippen LogP contribution is 2.24. The Morgan fingerprint density at radius 2 is 1.83 bits per heavy atom. The first-order valence-corrected chi connectivity index (χ1v) is 10.6. The summed E-state index contributed by atoms with van der Waals surface area (Å²) in [6.45, 7) is 4.21. The Bertz CT molecular complexity index is 996. The number of carbonyl (C=O) groups excluding carboxylic acids is 1. The third kappa shape index (κ3) is 4.97. The zero-order valence-corrected chi connectivity index (χ0v) is 17.8. The van der Waals surface area contributed by atoms with E-state index < -0.39 is 0 Å². The van der Waals surface area contributed by atoms with Gasteiger partial charge in [-0.3, -0.25) is 4.79 Å². The molecule has 154 valence electrons. The molecule has 1 N–H and O–H groups in total. The maximum atomic E-state index is 12.5. The molecule has 2 aromatic carbocycles. The fourth-order valence-corrected chi connectivity index (χ4v) is 3.88. The summed E-state index contributed by atoms with van der Waals surface area (Å²) < 4.78 is 0. The number of aromatic nitrogens is 2. The number of rotatable bonds is 5. The normalized spacial score (nSPS) is 14.5. The number of nitrogens with zero attached hydrogens (tertiary/aromatic N) is 3. The number of halogens is 1. The van der Waals surface area contributed by atoms with Crippen molar-refractivity contribution < 1.29 is 4.79 Å². The van der Waals surface area contributed by atoms with Gasteiger partial charge in [-0.2, -0.15) is 0 Å². The van der Waals surface area contributed by atoms with E-state index in [1.54, 1.807) is 0 Å². The molecular formula is C24H25ClN4O. The third-order valence-electron chi connectivity index (χ3n) is 5.53. The molecule has 1 aliphatic rings. The molecule has 1 saturated heterocycles. The van der Waals surface area contributed by atoms with Crippen LogP contribution in [0.5, 0.6) is 0 Å². The highest BCUT2D eigenvalue weighted by atomic mass is 35.5. The summed E-state index contributed by atoms with van der Waals surface area (Å²) in [6.07, 6.45) is 1.63. The number of nitrogens with one attached hydrogen (secondary N) is 1. The predicted octanol–water partition coefficient (Wildman–Crippen LogP) is 4.64. The summed E-state index contributed by atoms with van der Waals surface area (Å²) in [5.41, 5.74) is 4.20. The summed E-state index contributed by atoms with van der Waals surface area (Å²) in [7, 11) is 0. The molecule has 30 heavy (non-hydrogen) atoms. The van der Waals surface area contributed by atoms with Gasteiger partial charge in [0.1, 0.15) is 0 Å². The van der Waals surface area contributed by atoms with Gasteiger partial charge in [0.05, 0.1) is 5.69 Å². The van der Waals surface area contributed by atoms with Crippen LogP contribution in [0.3, 0.4) is 0 Å². The van der Waals surface area contributed by atoms with E-state index in [-0.39, 0.29) is 11.8 Å². The fourth-order valence-electron chi connectivity index (χ4n) is 3.76. The van der Waals surface area contributed by atoms with Crippen LogP contribution in [0, 0.1) is 12.8 Å². The van der Waals surface area contributed by atoms with Gasteiger partial charge in [-0.05, 0) is 55.7 Å². The first-order chi connectivity index (χ1) is 14.6. The molecule has 1 fully saturated rings. The maximum Gasteiger partial charge on any atom is 0.223 e. The summed E-state index contributed by atoms with van der Waals surface area (Å²) in [6, 6.07) is 19.8. The molecule has 6 heteroatoms. The number of carbonyl (C=O) groups is 1. The molecule has 0 saturated carbocycles. The van der Waals surface area contributed by atoms with Crippen LogP contribution < -0.4 is 10.2 Å². The largest absolute Gasteiger partial charge is 0.355 e. The lowest BCUT2D eigenvalue weighted by Crippen LogP contribution is -2.40. The lowest BCUT2D eigenvalue weighted by atomic mass is 9.96. The monoisotopic (exact) mass is 420 g/mol. The molecular weight excluding hydrogens is 396 g/mol. The molecule has 1 amide bonds. The molecule has 4 rings (SSSR count). The van der Waals surface area contributed by atoms with Crippen molar-refractivity contribution >= 4 is 23.3 Å². The number of benzene rings is 2. The Hall–Kier alpha value is -2.92. The van der Waals surface area contributed by atoms with E-state index in [0.717, 1.165) is 48.6 Å². The number of hydrogen-bond donors (Lipinski definition) is 1. The molecule has 0 unspecified atom stereocenters. The van der Waals surface area contributed by atoms with Crippen molar-refractivity contribution in [3.63, 3.8) is 0 Å². The number of amides is 1. The summed E-state index contributed by atoms with van der Waals surface area (Å²) in [5, 5.41) is 12.6. The van der Waals surface area contributed by atoms with Gasteiger partial charge in [-0.1, -0.05) is 47.5 Å². The van der Waals surface area contributed by atoms with Crippen LogP contribution in [0.1, 0.15) is 24.0 Å². The molecule has 0 radical (unpaired) electrons. The average Bonchev–Trinajstić information content (AvgIpc) is 2.79. The van der Waals surface area contributed by atoms with Crippen molar-refractivity contribution in [2.75, 3.05) is 18.0 Å². The minimum atomic E-state index is 0.0353. The number of anilines is 1. The summed E-state index contributed by atoms with van der Waals surface area (Å²) >= 11 is 5.90. The molecule has 2 heterocycles. The fraction of sp³-hybridized carbons (Fsp3) is 0.292. The van der Waals surface area contributed by atoms with Crippen LogP contribution in [-0.2, 0) is 11.3 Å².